The first-order valence-corrected chi connectivity index (χ1v) is 9.24. The second-order valence-electron chi connectivity index (χ2n) is 7.05. The van der Waals surface area contributed by atoms with Gasteiger partial charge in [-0.1, -0.05) is 6.07 Å². The van der Waals surface area contributed by atoms with E-state index in [0.29, 0.717) is 0 Å². The summed E-state index contributed by atoms with van der Waals surface area (Å²) in [6.07, 6.45) is 1.58. The summed E-state index contributed by atoms with van der Waals surface area (Å²) >= 11 is 0. The molecule has 2 aromatic carbocycles. The highest BCUT2D eigenvalue weighted by Crippen LogP contribution is 2.32. The monoisotopic (exact) mass is 363 g/mol. The van der Waals surface area contributed by atoms with E-state index in [1.54, 1.807) is 13.4 Å². The van der Waals surface area contributed by atoms with Gasteiger partial charge >= 0.3 is 0 Å². The second-order valence-corrected chi connectivity index (χ2v) is 7.05. The number of benzene rings is 2. The van der Waals surface area contributed by atoms with Gasteiger partial charge in [-0.3, -0.25) is 0 Å². The Labute approximate surface area is 159 Å². The van der Waals surface area contributed by atoms with Crippen molar-refractivity contribution in [3.63, 3.8) is 0 Å². The Balaban J connectivity index is 1.68. The molecular formula is C21H25N5O. The Morgan fingerprint density at radius 3 is 2.63 bits per heavy atom. The van der Waals surface area contributed by atoms with Gasteiger partial charge in [-0.25, -0.2) is 9.97 Å². The molecule has 27 heavy (non-hydrogen) atoms. The molecule has 0 aliphatic carbocycles. The standard InChI is InChI=1S/C21H25N5O/c1-15-11-16(13-17(12-15)26-9-7-25(2)8-10-26)24-21-20-18(22-14-23-21)5-4-6-19(20)27-3/h4-6,11-14H,7-10H2,1-3H3,(H,22,23,24). The molecule has 1 saturated heterocycles. The lowest BCUT2D eigenvalue weighted by Gasteiger charge is -2.34. The number of ether oxygens (including phenoxy) is 1. The number of methoxy groups -OCH3 is 1. The van der Waals surface area contributed by atoms with Gasteiger partial charge in [0.25, 0.3) is 0 Å². The van der Waals surface area contributed by atoms with Crippen LogP contribution in [0.25, 0.3) is 10.9 Å². The van der Waals surface area contributed by atoms with Gasteiger partial charge in [0.2, 0.25) is 0 Å². The van der Waals surface area contributed by atoms with Crippen LogP contribution in [0.4, 0.5) is 17.2 Å². The summed E-state index contributed by atoms with van der Waals surface area (Å²) in [7, 11) is 3.85. The number of aromatic nitrogens is 2. The van der Waals surface area contributed by atoms with E-state index < -0.39 is 0 Å². The lowest BCUT2D eigenvalue weighted by Crippen LogP contribution is -2.44. The first-order chi connectivity index (χ1) is 13.1. The Kier molecular flexibility index (Phi) is 4.81. The second kappa shape index (κ2) is 7.40. The van der Waals surface area contributed by atoms with E-state index in [2.05, 4.69) is 57.3 Å². The summed E-state index contributed by atoms with van der Waals surface area (Å²) in [4.78, 5) is 13.6. The van der Waals surface area contributed by atoms with Gasteiger partial charge < -0.3 is 19.9 Å². The Morgan fingerprint density at radius 2 is 1.85 bits per heavy atom. The van der Waals surface area contributed by atoms with Crippen LogP contribution in [0.1, 0.15) is 5.56 Å². The van der Waals surface area contributed by atoms with Gasteiger partial charge in [-0.2, -0.15) is 0 Å². The van der Waals surface area contributed by atoms with Crippen LogP contribution in [0.5, 0.6) is 5.75 Å². The number of piperazine rings is 1. The number of fused-ring (bicyclic) bond motifs is 1. The van der Waals surface area contributed by atoms with Gasteiger partial charge in [0.1, 0.15) is 17.9 Å². The lowest BCUT2D eigenvalue weighted by atomic mass is 10.1. The normalized spacial score (nSPS) is 15.1. The zero-order valence-corrected chi connectivity index (χ0v) is 16.1. The Morgan fingerprint density at radius 1 is 1.04 bits per heavy atom. The number of hydrogen-bond acceptors (Lipinski definition) is 6. The summed E-state index contributed by atoms with van der Waals surface area (Å²) < 4.78 is 5.53. The van der Waals surface area contributed by atoms with Crippen molar-refractivity contribution in [3.05, 3.63) is 48.3 Å². The summed E-state index contributed by atoms with van der Waals surface area (Å²) in [5.41, 5.74) is 4.35. The highest BCUT2D eigenvalue weighted by Gasteiger charge is 2.16. The van der Waals surface area contributed by atoms with Crippen molar-refractivity contribution in [1.29, 1.82) is 0 Å². The third kappa shape index (κ3) is 3.66. The first-order valence-electron chi connectivity index (χ1n) is 9.24. The number of anilines is 3. The fraction of sp³-hybridized carbons (Fsp3) is 0.333. The van der Waals surface area contributed by atoms with Gasteiger partial charge in [0.05, 0.1) is 18.0 Å². The van der Waals surface area contributed by atoms with Crippen molar-refractivity contribution in [3.8, 4) is 5.75 Å². The number of nitrogens with one attached hydrogen (secondary N) is 1. The van der Waals surface area contributed by atoms with Crippen LogP contribution in [0.3, 0.4) is 0 Å². The third-order valence-corrected chi connectivity index (χ3v) is 5.04. The predicted octanol–water partition coefficient (Wildman–Crippen LogP) is 3.44. The number of nitrogens with zero attached hydrogens (tertiary/aromatic N) is 4. The van der Waals surface area contributed by atoms with Crippen LogP contribution >= 0.6 is 0 Å². The maximum absolute atomic E-state index is 5.53. The summed E-state index contributed by atoms with van der Waals surface area (Å²) in [6.45, 7) is 6.39. The molecule has 6 heteroatoms. The molecule has 2 heterocycles. The molecule has 0 bridgehead atoms. The molecule has 0 saturated carbocycles. The fourth-order valence-electron chi connectivity index (χ4n) is 3.56. The molecular weight excluding hydrogens is 338 g/mol. The van der Waals surface area contributed by atoms with E-state index in [4.69, 9.17) is 4.74 Å². The van der Waals surface area contributed by atoms with Crippen LogP contribution in [-0.2, 0) is 0 Å². The molecule has 0 radical (unpaired) electrons. The molecule has 3 aromatic rings. The minimum atomic E-state index is 0.757. The van der Waals surface area contributed by atoms with E-state index >= 15 is 0 Å². The van der Waals surface area contributed by atoms with E-state index in [0.717, 1.165) is 54.3 Å². The minimum absolute atomic E-state index is 0.757. The topological polar surface area (TPSA) is 53.5 Å². The number of hydrogen-bond donors (Lipinski definition) is 1. The van der Waals surface area contributed by atoms with E-state index in [-0.39, 0.29) is 0 Å². The maximum atomic E-state index is 5.53. The highest BCUT2D eigenvalue weighted by molar-refractivity contribution is 5.95. The van der Waals surface area contributed by atoms with Crippen molar-refractivity contribution < 1.29 is 4.74 Å². The summed E-state index contributed by atoms with van der Waals surface area (Å²) in [6, 6.07) is 12.4. The van der Waals surface area contributed by atoms with Crippen LogP contribution < -0.4 is 15.0 Å². The molecule has 140 valence electrons. The number of likely N-dealkylation sites (N-methyl/N-ethyl adjacent to an activating group) is 1. The average Bonchev–Trinajstić information content (AvgIpc) is 2.68. The van der Waals surface area contributed by atoms with E-state index in [1.807, 2.05) is 18.2 Å². The fourth-order valence-corrected chi connectivity index (χ4v) is 3.56. The molecule has 1 aliphatic heterocycles. The zero-order valence-electron chi connectivity index (χ0n) is 16.1. The number of rotatable bonds is 4. The molecule has 0 amide bonds. The van der Waals surface area contributed by atoms with Crippen LogP contribution in [-0.4, -0.2) is 55.2 Å². The molecule has 1 aromatic heterocycles. The maximum Gasteiger partial charge on any atom is 0.145 e. The third-order valence-electron chi connectivity index (χ3n) is 5.04. The van der Waals surface area contributed by atoms with E-state index in [9.17, 15) is 0 Å². The van der Waals surface area contributed by atoms with Gasteiger partial charge in [-0.15, -0.1) is 0 Å². The Hall–Kier alpha value is -2.86. The SMILES string of the molecule is COc1cccc2ncnc(Nc3cc(C)cc(N4CCN(C)CC4)c3)c12. The van der Waals surface area contributed by atoms with Gasteiger partial charge in [0, 0.05) is 37.6 Å². The summed E-state index contributed by atoms with van der Waals surface area (Å²) in [5.74, 6) is 1.52. The van der Waals surface area contributed by atoms with Crippen molar-refractivity contribution in [2.75, 3.05) is 50.6 Å². The largest absolute Gasteiger partial charge is 0.496 e. The summed E-state index contributed by atoms with van der Waals surface area (Å²) in [5, 5.41) is 4.38. The van der Waals surface area contributed by atoms with Crippen LogP contribution in [0, 0.1) is 6.92 Å². The van der Waals surface area contributed by atoms with Crippen LogP contribution in [0.15, 0.2) is 42.7 Å². The quantitative estimate of drug-likeness (QED) is 0.766. The molecule has 0 unspecified atom stereocenters. The van der Waals surface area contributed by atoms with Crippen LogP contribution in [0.2, 0.25) is 0 Å². The van der Waals surface area contributed by atoms with Crippen molar-refractivity contribution in [2.24, 2.45) is 0 Å². The van der Waals surface area contributed by atoms with Crippen molar-refractivity contribution >= 4 is 28.1 Å². The zero-order chi connectivity index (χ0) is 18.8. The number of aryl methyl sites for hydroxylation is 1. The smallest absolute Gasteiger partial charge is 0.145 e. The highest BCUT2D eigenvalue weighted by atomic mass is 16.5. The Bertz CT molecular complexity index is 945. The van der Waals surface area contributed by atoms with Crippen molar-refractivity contribution in [1.82, 2.24) is 14.9 Å². The molecule has 1 aliphatic rings. The predicted molar refractivity (Wildman–Crippen MR) is 110 cm³/mol. The molecule has 0 spiro atoms. The minimum Gasteiger partial charge on any atom is -0.496 e. The molecule has 1 N–H and O–H groups in total. The first kappa shape index (κ1) is 17.5. The van der Waals surface area contributed by atoms with Gasteiger partial charge in [-0.05, 0) is 49.9 Å². The molecule has 4 rings (SSSR count). The molecule has 1 fully saturated rings. The molecule has 0 atom stereocenters. The van der Waals surface area contributed by atoms with Gasteiger partial charge in [0.15, 0.2) is 0 Å². The van der Waals surface area contributed by atoms with Crippen molar-refractivity contribution in [2.45, 2.75) is 6.92 Å². The lowest BCUT2D eigenvalue weighted by molar-refractivity contribution is 0.313. The van der Waals surface area contributed by atoms with E-state index in [1.165, 1.54) is 11.3 Å². The molecule has 6 nitrogen and oxygen atoms in total. The average molecular weight is 363 g/mol.